The minimum absolute atomic E-state index is 0.158. The van der Waals surface area contributed by atoms with E-state index in [1.54, 1.807) is 0 Å². The van der Waals surface area contributed by atoms with Crippen molar-refractivity contribution < 1.29 is 9.59 Å². The summed E-state index contributed by atoms with van der Waals surface area (Å²) in [4.78, 5) is 28.6. The zero-order valence-electron chi connectivity index (χ0n) is 15.4. The summed E-state index contributed by atoms with van der Waals surface area (Å²) < 4.78 is 2.15. The number of hydrogen-bond acceptors (Lipinski definition) is 2. The molecule has 0 N–H and O–H groups in total. The molecule has 1 saturated heterocycles. The quantitative estimate of drug-likeness (QED) is 0.861. The van der Waals surface area contributed by atoms with E-state index in [0.717, 1.165) is 36.2 Å². The van der Waals surface area contributed by atoms with Gasteiger partial charge in [-0.25, -0.2) is 0 Å². The molecule has 1 aromatic heterocycles. The van der Waals surface area contributed by atoms with Crippen LogP contribution >= 0.6 is 0 Å². The van der Waals surface area contributed by atoms with Gasteiger partial charge in [-0.1, -0.05) is 25.1 Å². The van der Waals surface area contributed by atoms with Crippen molar-refractivity contribution >= 4 is 22.7 Å². The molecule has 2 heterocycles. The Kier molecular flexibility index (Phi) is 5.11. The molecule has 5 nitrogen and oxygen atoms in total. The predicted molar refractivity (Wildman–Crippen MR) is 99.4 cm³/mol. The van der Waals surface area contributed by atoms with Gasteiger partial charge < -0.3 is 14.4 Å². The highest BCUT2D eigenvalue weighted by Crippen LogP contribution is 2.25. The summed E-state index contributed by atoms with van der Waals surface area (Å²) in [6.45, 7) is 6.73. The first-order chi connectivity index (χ1) is 12.0. The Morgan fingerprint density at radius 3 is 2.32 bits per heavy atom. The van der Waals surface area contributed by atoms with Crippen LogP contribution in [0, 0.1) is 6.92 Å². The second kappa shape index (κ2) is 7.30. The van der Waals surface area contributed by atoms with Crippen LogP contribution in [-0.2, 0) is 23.1 Å². The van der Waals surface area contributed by atoms with Gasteiger partial charge in [0.15, 0.2) is 0 Å². The third-order valence-corrected chi connectivity index (χ3v) is 5.36. The number of carbonyl (C=O) groups excluding carboxylic acids is 2. The highest BCUT2D eigenvalue weighted by Gasteiger charge is 2.23. The summed E-state index contributed by atoms with van der Waals surface area (Å²) >= 11 is 0. The van der Waals surface area contributed by atoms with E-state index in [2.05, 4.69) is 23.6 Å². The molecule has 0 spiro atoms. The highest BCUT2D eigenvalue weighted by atomic mass is 16.2. The fraction of sp³-hybridized carbons (Fsp3) is 0.500. The smallest absolute Gasteiger partial charge is 0.227 e. The third kappa shape index (κ3) is 3.41. The minimum atomic E-state index is 0.158. The van der Waals surface area contributed by atoms with E-state index >= 15 is 0 Å². The van der Waals surface area contributed by atoms with Gasteiger partial charge >= 0.3 is 0 Å². The largest absolute Gasteiger partial charge is 0.348 e. The molecule has 2 aromatic rings. The van der Waals surface area contributed by atoms with Gasteiger partial charge in [0.1, 0.15) is 0 Å². The van der Waals surface area contributed by atoms with Crippen molar-refractivity contribution in [2.75, 3.05) is 26.2 Å². The number of aromatic nitrogens is 1. The average Bonchev–Trinajstić information content (AvgIpc) is 2.81. The van der Waals surface area contributed by atoms with E-state index in [1.165, 1.54) is 5.52 Å². The normalized spacial score (nSPS) is 15.5. The molecule has 1 aliphatic heterocycles. The van der Waals surface area contributed by atoms with E-state index in [0.29, 0.717) is 25.9 Å². The van der Waals surface area contributed by atoms with E-state index < -0.39 is 0 Å². The van der Waals surface area contributed by atoms with Crippen molar-refractivity contribution in [2.24, 2.45) is 7.05 Å². The number of amides is 2. The van der Waals surface area contributed by atoms with Crippen molar-refractivity contribution in [1.29, 1.82) is 0 Å². The first-order valence-corrected chi connectivity index (χ1v) is 9.11. The summed E-state index contributed by atoms with van der Waals surface area (Å²) in [6, 6.07) is 8.24. The highest BCUT2D eigenvalue weighted by molar-refractivity contribution is 5.90. The van der Waals surface area contributed by atoms with Gasteiger partial charge in [0.25, 0.3) is 0 Å². The maximum absolute atomic E-state index is 12.9. The molecule has 0 aliphatic carbocycles. The zero-order valence-corrected chi connectivity index (χ0v) is 15.4. The summed E-state index contributed by atoms with van der Waals surface area (Å²) in [5.74, 6) is 0.337. The standard InChI is InChI=1S/C20H27N3O2/c1-4-19(24)22-10-7-11-23(13-12-22)20(25)14-17-15(2)21(3)18-9-6-5-8-16(17)18/h5-6,8-9H,4,7,10-14H2,1-3H3. The molecule has 0 unspecified atom stereocenters. The molecule has 0 atom stereocenters. The molecule has 1 aliphatic rings. The number of nitrogens with zero attached hydrogens (tertiary/aromatic N) is 3. The van der Waals surface area contributed by atoms with Gasteiger partial charge in [0.2, 0.25) is 11.8 Å². The summed E-state index contributed by atoms with van der Waals surface area (Å²) in [5.41, 5.74) is 3.43. The summed E-state index contributed by atoms with van der Waals surface area (Å²) in [6.07, 6.45) is 1.81. The number of aryl methyl sites for hydroxylation is 1. The van der Waals surface area contributed by atoms with Crippen molar-refractivity contribution in [3.8, 4) is 0 Å². The van der Waals surface area contributed by atoms with Gasteiger partial charge in [-0.15, -0.1) is 0 Å². The van der Waals surface area contributed by atoms with Crippen LogP contribution in [0.1, 0.15) is 31.0 Å². The van der Waals surface area contributed by atoms with E-state index in [9.17, 15) is 9.59 Å². The van der Waals surface area contributed by atoms with Crippen LogP contribution < -0.4 is 0 Å². The number of para-hydroxylation sites is 1. The SMILES string of the molecule is CCC(=O)N1CCCN(C(=O)Cc2c(C)n(C)c3ccccc23)CC1. The second-order valence-electron chi connectivity index (χ2n) is 6.79. The fourth-order valence-electron chi connectivity index (χ4n) is 3.73. The predicted octanol–water partition coefficient (Wildman–Crippen LogP) is 2.50. The Hall–Kier alpha value is -2.30. The molecule has 1 fully saturated rings. The van der Waals surface area contributed by atoms with E-state index in [4.69, 9.17) is 0 Å². The number of fused-ring (bicyclic) bond motifs is 1. The van der Waals surface area contributed by atoms with Crippen LogP contribution in [0.2, 0.25) is 0 Å². The monoisotopic (exact) mass is 341 g/mol. The van der Waals surface area contributed by atoms with Crippen molar-refractivity contribution in [1.82, 2.24) is 14.4 Å². The lowest BCUT2D eigenvalue weighted by Crippen LogP contribution is -2.37. The number of rotatable bonds is 3. The lowest BCUT2D eigenvalue weighted by Gasteiger charge is -2.22. The van der Waals surface area contributed by atoms with Crippen LogP contribution in [0.25, 0.3) is 10.9 Å². The number of hydrogen-bond donors (Lipinski definition) is 0. The van der Waals surface area contributed by atoms with Gasteiger partial charge in [-0.3, -0.25) is 9.59 Å². The molecule has 3 rings (SSSR count). The Bertz CT molecular complexity index is 794. The fourth-order valence-corrected chi connectivity index (χ4v) is 3.73. The van der Waals surface area contributed by atoms with Crippen LogP contribution in [0.4, 0.5) is 0 Å². The Morgan fingerprint density at radius 1 is 1.00 bits per heavy atom. The van der Waals surface area contributed by atoms with Crippen molar-refractivity contribution in [3.63, 3.8) is 0 Å². The Morgan fingerprint density at radius 2 is 1.64 bits per heavy atom. The van der Waals surface area contributed by atoms with Gasteiger partial charge in [0.05, 0.1) is 6.42 Å². The zero-order chi connectivity index (χ0) is 18.0. The molecule has 5 heteroatoms. The van der Waals surface area contributed by atoms with E-state index in [1.807, 2.05) is 35.9 Å². The molecule has 1 aromatic carbocycles. The number of carbonyl (C=O) groups is 2. The second-order valence-corrected chi connectivity index (χ2v) is 6.79. The van der Waals surface area contributed by atoms with Gasteiger partial charge in [-0.2, -0.15) is 0 Å². The van der Waals surface area contributed by atoms with Crippen LogP contribution in [0.5, 0.6) is 0 Å². The van der Waals surface area contributed by atoms with Crippen LogP contribution in [-0.4, -0.2) is 52.4 Å². The lowest BCUT2D eigenvalue weighted by molar-refractivity contribution is -0.133. The molecule has 0 bridgehead atoms. The maximum atomic E-state index is 12.9. The Balaban J connectivity index is 1.75. The maximum Gasteiger partial charge on any atom is 0.227 e. The molecule has 0 radical (unpaired) electrons. The van der Waals surface area contributed by atoms with Gasteiger partial charge in [0, 0.05) is 56.2 Å². The van der Waals surface area contributed by atoms with Crippen LogP contribution in [0.3, 0.4) is 0 Å². The molecule has 134 valence electrons. The summed E-state index contributed by atoms with van der Waals surface area (Å²) in [7, 11) is 2.05. The minimum Gasteiger partial charge on any atom is -0.348 e. The number of benzene rings is 1. The molecular weight excluding hydrogens is 314 g/mol. The molecular formula is C20H27N3O2. The lowest BCUT2D eigenvalue weighted by atomic mass is 10.1. The molecule has 25 heavy (non-hydrogen) atoms. The Labute approximate surface area is 149 Å². The molecule has 2 amide bonds. The first kappa shape index (κ1) is 17.5. The molecule has 0 saturated carbocycles. The third-order valence-electron chi connectivity index (χ3n) is 5.36. The van der Waals surface area contributed by atoms with Gasteiger partial charge in [-0.05, 0) is 25.0 Å². The topological polar surface area (TPSA) is 45.6 Å². The van der Waals surface area contributed by atoms with Crippen LogP contribution in [0.15, 0.2) is 24.3 Å². The summed E-state index contributed by atoms with van der Waals surface area (Å²) in [5, 5.41) is 1.16. The van der Waals surface area contributed by atoms with Crippen molar-refractivity contribution in [2.45, 2.75) is 33.1 Å². The van der Waals surface area contributed by atoms with E-state index in [-0.39, 0.29) is 11.8 Å². The first-order valence-electron chi connectivity index (χ1n) is 9.11. The van der Waals surface area contributed by atoms with Crippen molar-refractivity contribution in [3.05, 3.63) is 35.5 Å². The average molecular weight is 341 g/mol.